The summed E-state index contributed by atoms with van der Waals surface area (Å²) >= 11 is 0. The van der Waals surface area contributed by atoms with E-state index in [1.807, 2.05) is 25.9 Å². The summed E-state index contributed by atoms with van der Waals surface area (Å²) in [6, 6.07) is 0.249. The van der Waals surface area contributed by atoms with Gasteiger partial charge in [0, 0.05) is 18.2 Å². The number of esters is 1. The van der Waals surface area contributed by atoms with Gasteiger partial charge in [0.2, 0.25) is 0 Å². The largest absolute Gasteiger partial charge is 0.478 e. The molecule has 0 aliphatic rings. The van der Waals surface area contributed by atoms with E-state index in [9.17, 15) is 9.59 Å². The van der Waals surface area contributed by atoms with Gasteiger partial charge in [0.25, 0.3) is 0 Å². The van der Waals surface area contributed by atoms with Crippen LogP contribution in [0.1, 0.15) is 6.92 Å². The smallest absolute Gasteiger partial charge is 0.330 e. The van der Waals surface area contributed by atoms with E-state index in [2.05, 4.69) is 13.2 Å². The lowest BCUT2D eigenvalue weighted by Gasteiger charge is -2.18. The van der Waals surface area contributed by atoms with Gasteiger partial charge in [-0.2, -0.15) is 0 Å². The Labute approximate surface area is 96.0 Å². The van der Waals surface area contributed by atoms with E-state index in [1.54, 1.807) is 0 Å². The van der Waals surface area contributed by atoms with Gasteiger partial charge in [-0.25, -0.2) is 9.59 Å². The normalized spacial score (nSPS) is 10.8. The summed E-state index contributed by atoms with van der Waals surface area (Å²) in [6.07, 6.45) is 2.00. The predicted octanol–water partition coefficient (Wildman–Crippen LogP) is 0.923. The summed E-state index contributed by atoms with van der Waals surface area (Å²) in [5.41, 5.74) is 0. The summed E-state index contributed by atoms with van der Waals surface area (Å²) in [7, 11) is 3.87. The van der Waals surface area contributed by atoms with Gasteiger partial charge in [0.15, 0.2) is 0 Å². The number of carboxylic acids is 1. The molecule has 5 heteroatoms. The Balaban J connectivity index is 0. The molecule has 0 heterocycles. The molecule has 0 spiro atoms. The summed E-state index contributed by atoms with van der Waals surface area (Å²) in [6.45, 7) is 8.65. The van der Waals surface area contributed by atoms with Gasteiger partial charge in [-0.3, -0.25) is 0 Å². The van der Waals surface area contributed by atoms with Crippen LogP contribution in [0.3, 0.4) is 0 Å². The topological polar surface area (TPSA) is 66.8 Å². The number of carboxylic acid groups (broad SMARTS) is 1. The van der Waals surface area contributed by atoms with Crippen LogP contribution in [-0.4, -0.2) is 48.7 Å². The molecule has 0 aromatic carbocycles. The zero-order valence-electron chi connectivity index (χ0n) is 9.97. The Morgan fingerprint density at radius 3 is 2.06 bits per heavy atom. The SMILES string of the molecule is C=CC(=O)O.C=CC(=O)OCC(C)N(C)C. The molecule has 1 N–H and O–H groups in total. The number of carbonyl (C=O) groups excluding carboxylic acids is 1. The van der Waals surface area contributed by atoms with Crippen molar-refractivity contribution in [2.45, 2.75) is 13.0 Å². The van der Waals surface area contributed by atoms with E-state index in [4.69, 9.17) is 9.84 Å². The molecular weight excluding hydrogens is 210 g/mol. The Morgan fingerprint density at radius 1 is 1.38 bits per heavy atom. The van der Waals surface area contributed by atoms with Gasteiger partial charge in [0.05, 0.1) is 0 Å². The van der Waals surface area contributed by atoms with Crippen molar-refractivity contribution in [3.05, 3.63) is 25.3 Å². The van der Waals surface area contributed by atoms with Gasteiger partial charge in [-0.1, -0.05) is 13.2 Å². The molecule has 1 unspecified atom stereocenters. The van der Waals surface area contributed by atoms with Crippen molar-refractivity contribution >= 4 is 11.9 Å². The fourth-order valence-corrected chi connectivity index (χ4v) is 0.411. The van der Waals surface area contributed by atoms with Gasteiger partial charge in [-0.15, -0.1) is 0 Å². The number of ether oxygens (including phenoxy) is 1. The summed E-state index contributed by atoms with van der Waals surface area (Å²) in [4.78, 5) is 21.8. The Kier molecular flexibility index (Phi) is 10.4. The van der Waals surface area contributed by atoms with Crippen LogP contribution in [0.5, 0.6) is 0 Å². The fraction of sp³-hybridized carbons (Fsp3) is 0.455. The number of likely N-dealkylation sites (N-methyl/N-ethyl adjacent to an activating group) is 1. The van der Waals surface area contributed by atoms with Crippen molar-refractivity contribution < 1.29 is 19.4 Å². The number of nitrogens with zero attached hydrogens (tertiary/aromatic N) is 1. The molecule has 92 valence electrons. The van der Waals surface area contributed by atoms with Gasteiger partial charge in [0.1, 0.15) is 6.61 Å². The molecule has 0 bridgehead atoms. The highest BCUT2D eigenvalue weighted by atomic mass is 16.5. The zero-order valence-corrected chi connectivity index (χ0v) is 9.97. The predicted molar refractivity (Wildman–Crippen MR) is 62.1 cm³/mol. The average molecular weight is 229 g/mol. The van der Waals surface area contributed by atoms with Crippen molar-refractivity contribution in [3.8, 4) is 0 Å². The number of carbonyl (C=O) groups is 2. The lowest BCUT2D eigenvalue weighted by atomic mass is 10.3. The van der Waals surface area contributed by atoms with Crippen molar-refractivity contribution in [3.63, 3.8) is 0 Å². The second-order valence-corrected chi connectivity index (χ2v) is 3.19. The van der Waals surface area contributed by atoms with Gasteiger partial charge < -0.3 is 14.7 Å². The maximum Gasteiger partial charge on any atom is 0.330 e. The van der Waals surface area contributed by atoms with Crippen LogP contribution in [0.4, 0.5) is 0 Å². The van der Waals surface area contributed by atoms with E-state index in [1.165, 1.54) is 6.08 Å². The summed E-state index contributed by atoms with van der Waals surface area (Å²) in [5.74, 6) is -1.34. The van der Waals surface area contributed by atoms with Crippen molar-refractivity contribution in [2.24, 2.45) is 0 Å². The lowest BCUT2D eigenvalue weighted by molar-refractivity contribution is -0.139. The molecule has 0 aromatic rings. The van der Waals surface area contributed by atoms with Crippen molar-refractivity contribution in [1.82, 2.24) is 4.90 Å². The van der Waals surface area contributed by atoms with Crippen LogP contribution in [0.25, 0.3) is 0 Å². The molecule has 0 fully saturated rings. The number of rotatable bonds is 5. The third-order valence-corrected chi connectivity index (χ3v) is 1.69. The van der Waals surface area contributed by atoms with Crippen LogP contribution >= 0.6 is 0 Å². The minimum Gasteiger partial charge on any atom is -0.478 e. The van der Waals surface area contributed by atoms with Crippen molar-refractivity contribution in [2.75, 3.05) is 20.7 Å². The number of hydrogen-bond donors (Lipinski definition) is 1. The first kappa shape index (κ1) is 16.8. The van der Waals surface area contributed by atoms with Crippen LogP contribution in [-0.2, 0) is 14.3 Å². The molecule has 0 aliphatic carbocycles. The number of hydrogen-bond acceptors (Lipinski definition) is 4. The minimum atomic E-state index is -0.981. The van der Waals surface area contributed by atoms with Crippen LogP contribution in [0, 0.1) is 0 Å². The minimum absolute atomic E-state index is 0.249. The first-order chi connectivity index (χ1) is 7.34. The summed E-state index contributed by atoms with van der Waals surface area (Å²) in [5, 5.41) is 7.60. The maximum atomic E-state index is 10.6. The average Bonchev–Trinajstić information content (AvgIpc) is 2.25. The van der Waals surface area contributed by atoms with E-state index in [0.717, 1.165) is 6.08 Å². The Morgan fingerprint density at radius 2 is 1.81 bits per heavy atom. The second-order valence-electron chi connectivity index (χ2n) is 3.19. The van der Waals surface area contributed by atoms with Crippen molar-refractivity contribution in [1.29, 1.82) is 0 Å². The van der Waals surface area contributed by atoms with Gasteiger partial charge in [-0.05, 0) is 21.0 Å². The molecule has 16 heavy (non-hydrogen) atoms. The quantitative estimate of drug-likeness (QED) is 0.561. The molecule has 0 rings (SSSR count). The van der Waals surface area contributed by atoms with E-state index in [0.29, 0.717) is 6.61 Å². The third-order valence-electron chi connectivity index (χ3n) is 1.69. The van der Waals surface area contributed by atoms with Crippen LogP contribution in [0.15, 0.2) is 25.3 Å². The number of aliphatic carboxylic acids is 1. The lowest BCUT2D eigenvalue weighted by Crippen LogP contribution is -2.30. The maximum absolute atomic E-state index is 10.6. The third kappa shape index (κ3) is 12.4. The molecule has 0 aromatic heterocycles. The van der Waals surface area contributed by atoms with E-state index < -0.39 is 5.97 Å². The van der Waals surface area contributed by atoms with E-state index in [-0.39, 0.29) is 12.0 Å². The molecule has 0 saturated carbocycles. The molecule has 0 radical (unpaired) electrons. The molecule has 0 amide bonds. The molecule has 0 aliphatic heterocycles. The summed E-state index contributed by atoms with van der Waals surface area (Å²) < 4.78 is 4.82. The van der Waals surface area contributed by atoms with Crippen LogP contribution in [0.2, 0.25) is 0 Å². The molecule has 5 nitrogen and oxygen atoms in total. The zero-order chi connectivity index (χ0) is 13.1. The Bertz CT molecular complexity index is 248. The van der Waals surface area contributed by atoms with E-state index >= 15 is 0 Å². The molecule has 0 saturated heterocycles. The first-order valence-corrected chi connectivity index (χ1v) is 4.66. The standard InChI is InChI=1S/C8H15NO2.C3H4O2/c1-5-8(10)11-6-7(2)9(3)4;1-2-3(4)5/h5,7H,1,6H2,2-4H3;2H,1H2,(H,4,5). The fourth-order valence-electron chi connectivity index (χ4n) is 0.411. The van der Waals surface area contributed by atoms with Gasteiger partial charge >= 0.3 is 11.9 Å². The Hall–Kier alpha value is -1.62. The first-order valence-electron chi connectivity index (χ1n) is 4.66. The highest BCUT2D eigenvalue weighted by molar-refractivity contribution is 5.81. The monoisotopic (exact) mass is 229 g/mol. The second kappa shape index (κ2) is 9.92. The van der Waals surface area contributed by atoms with Crippen LogP contribution < -0.4 is 0 Å². The molecule has 1 atom stereocenters. The molecular formula is C11H19NO4. The highest BCUT2D eigenvalue weighted by Gasteiger charge is 2.05. The highest BCUT2D eigenvalue weighted by Crippen LogP contribution is 1.92.